The van der Waals surface area contributed by atoms with Crippen LogP contribution in [0.2, 0.25) is 0 Å². The van der Waals surface area contributed by atoms with Gasteiger partial charge in [0.05, 0.1) is 13.7 Å². The molecule has 0 aromatic carbocycles. The average Bonchev–Trinajstić information content (AvgIpc) is 2.46. The van der Waals surface area contributed by atoms with Gasteiger partial charge in [-0.2, -0.15) is 0 Å². The first-order chi connectivity index (χ1) is 9.53. The second-order valence-electron chi connectivity index (χ2n) is 4.29. The zero-order valence-electron chi connectivity index (χ0n) is 12.2. The lowest BCUT2D eigenvalue weighted by Gasteiger charge is -2.28. The molecule has 1 aliphatic rings. The minimum absolute atomic E-state index is 0.274. The monoisotopic (exact) mass is 309 g/mol. The van der Waals surface area contributed by atoms with Crippen molar-refractivity contribution in [3.05, 3.63) is 10.1 Å². The number of carbonyl (C=O) groups is 1. The molecule has 0 spiro atoms. The third-order valence-electron chi connectivity index (χ3n) is 2.72. The fourth-order valence-corrected chi connectivity index (χ4v) is 2.78. The van der Waals surface area contributed by atoms with Crippen LogP contribution in [0.1, 0.15) is 26.2 Å². The molecule has 1 heterocycles. The highest BCUT2D eigenvalue weighted by atomic mass is 32.2. The summed E-state index contributed by atoms with van der Waals surface area (Å²) in [6, 6.07) is 0. The summed E-state index contributed by atoms with van der Waals surface area (Å²) in [6.45, 7) is 4.23. The summed E-state index contributed by atoms with van der Waals surface area (Å²) in [5, 5.41) is 8.71. The molecule has 0 aliphatic carbocycles. The molecule has 1 saturated heterocycles. The summed E-state index contributed by atoms with van der Waals surface area (Å²) >= 11 is 1.45. The summed E-state index contributed by atoms with van der Waals surface area (Å²) < 4.78 is 10.6. The van der Waals surface area contributed by atoms with Gasteiger partial charge in [0.15, 0.2) is 5.12 Å². The van der Waals surface area contributed by atoms with Gasteiger partial charge in [-0.25, -0.2) is 0 Å². The molecule has 0 aromatic rings. The van der Waals surface area contributed by atoms with E-state index in [0.717, 1.165) is 39.8 Å². The number of nitrogens with zero attached hydrogens (tertiary/aromatic N) is 1. The first-order valence-electron chi connectivity index (χ1n) is 6.48. The predicted molar refractivity (Wildman–Crippen MR) is 76.1 cm³/mol. The third-order valence-corrected chi connectivity index (χ3v) is 3.93. The van der Waals surface area contributed by atoms with Gasteiger partial charge in [0.25, 0.3) is 5.09 Å². The quantitative estimate of drug-likeness (QED) is 0.547. The van der Waals surface area contributed by atoms with Crippen molar-refractivity contribution in [1.29, 1.82) is 0 Å². The van der Waals surface area contributed by atoms with Crippen LogP contribution < -0.4 is 0 Å². The van der Waals surface area contributed by atoms with Gasteiger partial charge in [-0.1, -0.05) is 18.7 Å². The Morgan fingerprint density at radius 3 is 2.60 bits per heavy atom. The van der Waals surface area contributed by atoms with Crippen LogP contribution in [0.3, 0.4) is 0 Å². The van der Waals surface area contributed by atoms with E-state index in [1.807, 2.05) is 6.92 Å². The standard InChI is InChI=1S/C11H20O3S.CH3NO3/c1-3-11(12)15-10-6-9(4-5-13-2)7-14-8-10;1-5-2(3)4/h9-10H,3-8H2,1-2H3;1H3/t9-,10-;/m1./s1. The number of hydrogen-bond donors (Lipinski definition) is 0. The molecule has 118 valence electrons. The number of ether oxygens (including phenoxy) is 2. The van der Waals surface area contributed by atoms with E-state index < -0.39 is 5.09 Å². The molecule has 0 saturated carbocycles. The molecule has 0 radical (unpaired) electrons. The Morgan fingerprint density at radius 2 is 2.10 bits per heavy atom. The lowest BCUT2D eigenvalue weighted by molar-refractivity contribution is -0.749. The largest absolute Gasteiger partial charge is 0.385 e. The first-order valence-corrected chi connectivity index (χ1v) is 7.36. The first kappa shape index (κ1) is 19.1. The molecule has 7 nitrogen and oxygen atoms in total. The Morgan fingerprint density at radius 1 is 1.45 bits per heavy atom. The molecule has 1 aliphatic heterocycles. The van der Waals surface area contributed by atoms with Crippen molar-refractivity contribution in [2.45, 2.75) is 31.4 Å². The Kier molecular flexibility index (Phi) is 11.4. The van der Waals surface area contributed by atoms with Gasteiger partial charge in [0, 0.05) is 32.0 Å². The van der Waals surface area contributed by atoms with E-state index in [9.17, 15) is 4.79 Å². The van der Waals surface area contributed by atoms with Crippen molar-refractivity contribution < 1.29 is 24.2 Å². The van der Waals surface area contributed by atoms with E-state index in [1.165, 1.54) is 11.8 Å². The molecular weight excluding hydrogens is 286 g/mol. The zero-order valence-corrected chi connectivity index (χ0v) is 13.0. The lowest BCUT2D eigenvalue weighted by atomic mass is 9.99. The van der Waals surface area contributed by atoms with E-state index in [1.54, 1.807) is 7.11 Å². The van der Waals surface area contributed by atoms with Crippen molar-refractivity contribution in [3.8, 4) is 0 Å². The maximum absolute atomic E-state index is 11.3. The summed E-state index contributed by atoms with van der Waals surface area (Å²) in [5.74, 6) is 0.556. The van der Waals surface area contributed by atoms with Gasteiger partial charge in [-0.15, -0.1) is 10.1 Å². The van der Waals surface area contributed by atoms with Crippen molar-refractivity contribution >= 4 is 16.9 Å². The molecular formula is C12H23NO6S. The molecule has 20 heavy (non-hydrogen) atoms. The highest BCUT2D eigenvalue weighted by Crippen LogP contribution is 2.27. The van der Waals surface area contributed by atoms with Crippen LogP contribution in [-0.2, 0) is 19.1 Å². The molecule has 1 fully saturated rings. The summed E-state index contributed by atoms with van der Waals surface area (Å²) in [7, 11) is 2.72. The van der Waals surface area contributed by atoms with Crippen molar-refractivity contribution in [2.24, 2.45) is 5.92 Å². The molecule has 1 rings (SSSR count). The SMILES string of the molecule is CCC(=O)S[C@H]1COC[C@H](CCOC)C1.CO[N+](=O)[O-]. The molecule has 0 N–H and O–H groups in total. The number of hydrogen-bond acceptors (Lipinski definition) is 7. The second kappa shape index (κ2) is 11.9. The van der Waals surface area contributed by atoms with Crippen molar-refractivity contribution in [2.75, 3.05) is 34.0 Å². The van der Waals surface area contributed by atoms with Crippen LogP contribution in [0.15, 0.2) is 0 Å². The summed E-state index contributed by atoms with van der Waals surface area (Å²) in [5.41, 5.74) is 0. The smallest absolute Gasteiger partial charge is 0.294 e. The molecule has 0 aromatic heterocycles. The minimum atomic E-state index is -0.875. The van der Waals surface area contributed by atoms with E-state index in [-0.39, 0.29) is 5.12 Å². The average molecular weight is 309 g/mol. The fraction of sp³-hybridized carbons (Fsp3) is 0.917. The van der Waals surface area contributed by atoms with Crippen LogP contribution in [-0.4, -0.2) is 49.5 Å². The van der Waals surface area contributed by atoms with Crippen LogP contribution in [0.25, 0.3) is 0 Å². The van der Waals surface area contributed by atoms with E-state index >= 15 is 0 Å². The zero-order chi connectivity index (χ0) is 15.4. The Labute approximate surface area is 123 Å². The fourth-order valence-electron chi connectivity index (χ4n) is 1.71. The summed E-state index contributed by atoms with van der Waals surface area (Å²) in [4.78, 5) is 23.7. The highest BCUT2D eigenvalue weighted by Gasteiger charge is 2.24. The topological polar surface area (TPSA) is 87.9 Å². The Hall–Kier alpha value is -0.860. The van der Waals surface area contributed by atoms with Crippen LogP contribution in [0, 0.1) is 16.0 Å². The number of carbonyl (C=O) groups excluding carboxylic acids is 1. The summed E-state index contributed by atoms with van der Waals surface area (Å²) in [6.07, 6.45) is 2.73. The van der Waals surface area contributed by atoms with Gasteiger partial charge < -0.3 is 14.3 Å². The van der Waals surface area contributed by atoms with Gasteiger partial charge >= 0.3 is 0 Å². The number of rotatable bonds is 6. The molecule has 2 atom stereocenters. The van der Waals surface area contributed by atoms with Crippen LogP contribution >= 0.6 is 11.8 Å². The lowest BCUT2D eigenvalue weighted by Crippen LogP contribution is -2.29. The van der Waals surface area contributed by atoms with Crippen molar-refractivity contribution in [3.63, 3.8) is 0 Å². The second-order valence-corrected chi connectivity index (χ2v) is 5.65. The Balaban J connectivity index is 0.000000621. The molecule has 8 heteroatoms. The Bertz CT molecular complexity index is 289. The van der Waals surface area contributed by atoms with Gasteiger partial charge in [-0.05, 0) is 18.8 Å². The molecule has 0 amide bonds. The van der Waals surface area contributed by atoms with E-state index in [0.29, 0.717) is 17.6 Å². The number of thioether (sulfide) groups is 1. The van der Waals surface area contributed by atoms with E-state index in [2.05, 4.69) is 4.84 Å². The van der Waals surface area contributed by atoms with Crippen LogP contribution in [0.5, 0.6) is 0 Å². The van der Waals surface area contributed by atoms with E-state index in [4.69, 9.17) is 19.6 Å². The van der Waals surface area contributed by atoms with Gasteiger partial charge in [0.2, 0.25) is 0 Å². The third kappa shape index (κ3) is 9.99. The minimum Gasteiger partial charge on any atom is -0.385 e. The van der Waals surface area contributed by atoms with Crippen molar-refractivity contribution in [1.82, 2.24) is 0 Å². The normalized spacial score (nSPS) is 21.6. The molecule has 0 unspecified atom stereocenters. The maximum Gasteiger partial charge on any atom is 0.294 e. The number of methoxy groups -OCH3 is 1. The maximum atomic E-state index is 11.3. The van der Waals surface area contributed by atoms with Gasteiger partial charge in [-0.3, -0.25) is 4.79 Å². The van der Waals surface area contributed by atoms with Gasteiger partial charge in [0.1, 0.15) is 0 Å². The van der Waals surface area contributed by atoms with Crippen LogP contribution in [0.4, 0.5) is 0 Å². The highest BCUT2D eigenvalue weighted by molar-refractivity contribution is 8.14. The predicted octanol–water partition coefficient (Wildman–Crippen LogP) is 1.92. The molecule has 0 bridgehead atoms.